The molecule has 1 heterocycles. The number of ether oxygens (including phenoxy) is 1. The lowest BCUT2D eigenvalue weighted by atomic mass is 9.90. The van der Waals surface area contributed by atoms with Gasteiger partial charge in [-0.2, -0.15) is 0 Å². The van der Waals surface area contributed by atoms with E-state index < -0.39 is 0 Å². The van der Waals surface area contributed by atoms with Crippen LogP contribution in [0, 0.1) is 12.7 Å². The average Bonchev–Trinajstić information content (AvgIpc) is 2.47. The van der Waals surface area contributed by atoms with Crippen LogP contribution < -0.4 is 15.4 Å². The molecule has 0 unspecified atom stereocenters. The second-order valence-electron chi connectivity index (χ2n) is 6.77. The molecule has 0 aromatic heterocycles. The van der Waals surface area contributed by atoms with Crippen molar-refractivity contribution in [2.75, 3.05) is 5.32 Å². The molecule has 2 aromatic rings. The number of fused-ring (bicyclic) bond motifs is 1. The van der Waals surface area contributed by atoms with Gasteiger partial charge in [-0.05, 0) is 68.9 Å². The Morgan fingerprint density at radius 3 is 2.79 bits per heavy atom. The van der Waals surface area contributed by atoms with E-state index in [9.17, 15) is 4.39 Å². The monoisotopic (exact) mass is 344 g/mol. The predicted molar refractivity (Wildman–Crippen MR) is 99.0 cm³/mol. The minimum Gasteiger partial charge on any atom is -0.487 e. The molecule has 1 aliphatic heterocycles. The molecule has 5 heteroatoms. The maximum Gasteiger partial charge on any atom is 0.171 e. The summed E-state index contributed by atoms with van der Waals surface area (Å²) in [5, 5.41) is 7.00. The number of benzene rings is 2. The zero-order valence-corrected chi connectivity index (χ0v) is 14.8. The van der Waals surface area contributed by atoms with E-state index in [1.54, 1.807) is 6.07 Å². The zero-order valence-electron chi connectivity index (χ0n) is 14.0. The molecular formula is C19H21FN2OS. The van der Waals surface area contributed by atoms with E-state index in [0.29, 0.717) is 17.3 Å². The Morgan fingerprint density at radius 2 is 2.04 bits per heavy atom. The standard InChI is InChI=1S/C19H21FN2OS/c1-12-5-4-6-14(9-12)21-18(24)22-16-11-19(2,3)23-17-8-7-13(20)10-15(16)17/h4-10,16H,11H2,1-3H3,(H2,21,22,24)/t16-/m1/s1. The van der Waals surface area contributed by atoms with Gasteiger partial charge in [-0.15, -0.1) is 0 Å². The van der Waals surface area contributed by atoms with Crippen molar-refractivity contribution >= 4 is 23.0 Å². The quantitative estimate of drug-likeness (QED) is 0.772. The summed E-state index contributed by atoms with van der Waals surface area (Å²) < 4.78 is 19.6. The molecule has 2 aromatic carbocycles. The third-order valence-corrected chi connectivity index (χ3v) is 4.23. The lowest BCUT2D eigenvalue weighted by Gasteiger charge is -2.38. The number of rotatable bonds is 2. The fourth-order valence-corrected chi connectivity index (χ4v) is 3.26. The van der Waals surface area contributed by atoms with Crippen LogP contribution in [0.5, 0.6) is 5.75 Å². The summed E-state index contributed by atoms with van der Waals surface area (Å²) in [6, 6.07) is 12.5. The number of thiocarbonyl (C=S) groups is 1. The van der Waals surface area contributed by atoms with E-state index in [1.807, 2.05) is 45.0 Å². The Bertz CT molecular complexity index is 776. The van der Waals surface area contributed by atoms with Crippen molar-refractivity contribution in [3.63, 3.8) is 0 Å². The van der Waals surface area contributed by atoms with E-state index in [0.717, 1.165) is 16.8 Å². The summed E-state index contributed by atoms with van der Waals surface area (Å²) in [5.41, 5.74) is 2.53. The van der Waals surface area contributed by atoms with Crippen LogP contribution in [0.25, 0.3) is 0 Å². The first-order valence-corrected chi connectivity index (χ1v) is 8.36. The lowest BCUT2D eigenvalue weighted by molar-refractivity contribution is 0.0694. The Morgan fingerprint density at radius 1 is 1.25 bits per heavy atom. The molecule has 0 bridgehead atoms. The van der Waals surface area contributed by atoms with Gasteiger partial charge in [0.05, 0.1) is 6.04 Å². The largest absolute Gasteiger partial charge is 0.487 e. The summed E-state index contributed by atoms with van der Waals surface area (Å²) in [4.78, 5) is 0. The first-order chi connectivity index (χ1) is 11.3. The molecule has 0 fully saturated rings. The highest BCUT2D eigenvalue weighted by Gasteiger charge is 2.34. The first-order valence-electron chi connectivity index (χ1n) is 7.95. The van der Waals surface area contributed by atoms with Crippen molar-refractivity contribution in [1.82, 2.24) is 5.32 Å². The summed E-state index contributed by atoms with van der Waals surface area (Å²) >= 11 is 5.44. The van der Waals surface area contributed by atoms with Gasteiger partial charge in [-0.3, -0.25) is 0 Å². The van der Waals surface area contributed by atoms with Crippen LogP contribution in [0.1, 0.15) is 37.4 Å². The maximum atomic E-state index is 13.7. The Labute approximate surface area is 147 Å². The molecule has 0 radical (unpaired) electrons. The summed E-state index contributed by atoms with van der Waals surface area (Å²) in [7, 11) is 0. The van der Waals surface area contributed by atoms with Crippen LogP contribution in [0.2, 0.25) is 0 Å². The molecule has 126 valence electrons. The smallest absolute Gasteiger partial charge is 0.171 e. The van der Waals surface area contributed by atoms with Gasteiger partial charge in [0.25, 0.3) is 0 Å². The Kier molecular flexibility index (Phi) is 4.45. The Hall–Kier alpha value is -2.14. The zero-order chi connectivity index (χ0) is 17.3. The topological polar surface area (TPSA) is 33.3 Å². The van der Waals surface area contributed by atoms with E-state index >= 15 is 0 Å². The predicted octanol–water partition coefficient (Wildman–Crippen LogP) is 4.72. The minimum absolute atomic E-state index is 0.107. The van der Waals surface area contributed by atoms with Crippen LogP contribution in [0.4, 0.5) is 10.1 Å². The van der Waals surface area contributed by atoms with Crippen molar-refractivity contribution in [1.29, 1.82) is 0 Å². The summed E-state index contributed by atoms with van der Waals surface area (Å²) in [6.07, 6.45) is 0.694. The highest BCUT2D eigenvalue weighted by molar-refractivity contribution is 7.80. The van der Waals surface area contributed by atoms with Crippen molar-refractivity contribution in [2.45, 2.75) is 38.8 Å². The normalized spacial score (nSPS) is 18.2. The number of hydrogen-bond acceptors (Lipinski definition) is 2. The number of hydrogen-bond donors (Lipinski definition) is 2. The molecule has 0 saturated carbocycles. The second kappa shape index (κ2) is 6.40. The van der Waals surface area contributed by atoms with Crippen molar-refractivity contribution in [3.05, 3.63) is 59.4 Å². The maximum absolute atomic E-state index is 13.7. The van der Waals surface area contributed by atoms with E-state index in [1.165, 1.54) is 12.1 Å². The van der Waals surface area contributed by atoms with Crippen LogP contribution in [0.15, 0.2) is 42.5 Å². The third kappa shape index (κ3) is 3.85. The lowest BCUT2D eigenvalue weighted by Crippen LogP contribution is -2.42. The first kappa shape index (κ1) is 16.7. The van der Waals surface area contributed by atoms with Gasteiger partial charge in [0.1, 0.15) is 17.2 Å². The Balaban J connectivity index is 1.79. The van der Waals surface area contributed by atoms with Crippen molar-refractivity contribution in [2.24, 2.45) is 0 Å². The number of halogens is 1. The summed E-state index contributed by atoms with van der Waals surface area (Å²) in [6.45, 7) is 6.07. The molecule has 1 atom stereocenters. The average molecular weight is 344 g/mol. The number of nitrogens with one attached hydrogen (secondary N) is 2. The van der Waals surface area contributed by atoms with Gasteiger partial charge < -0.3 is 15.4 Å². The van der Waals surface area contributed by atoms with Crippen LogP contribution >= 0.6 is 12.2 Å². The molecule has 2 N–H and O–H groups in total. The van der Waals surface area contributed by atoms with E-state index in [2.05, 4.69) is 10.6 Å². The molecule has 24 heavy (non-hydrogen) atoms. The van der Waals surface area contributed by atoms with E-state index in [-0.39, 0.29) is 17.5 Å². The highest BCUT2D eigenvalue weighted by atomic mass is 32.1. The van der Waals surface area contributed by atoms with Crippen LogP contribution in [-0.4, -0.2) is 10.7 Å². The van der Waals surface area contributed by atoms with Crippen molar-refractivity contribution in [3.8, 4) is 5.75 Å². The van der Waals surface area contributed by atoms with Gasteiger partial charge in [-0.1, -0.05) is 12.1 Å². The fraction of sp³-hybridized carbons (Fsp3) is 0.316. The van der Waals surface area contributed by atoms with Crippen LogP contribution in [0.3, 0.4) is 0 Å². The number of anilines is 1. The van der Waals surface area contributed by atoms with Gasteiger partial charge >= 0.3 is 0 Å². The SMILES string of the molecule is Cc1cccc(NC(=S)N[C@@H]2CC(C)(C)Oc3ccc(F)cc32)c1. The van der Waals surface area contributed by atoms with Gasteiger partial charge in [0.15, 0.2) is 5.11 Å². The number of aryl methyl sites for hydroxylation is 1. The molecule has 3 rings (SSSR count). The molecule has 3 nitrogen and oxygen atoms in total. The highest BCUT2D eigenvalue weighted by Crippen LogP contribution is 2.39. The van der Waals surface area contributed by atoms with Gasteiger partial charge in [0, 0.05) is 17.7 Å². The second-order valence-corrected chi connectivity index (χ2v) is 7.18. The molecule has 1 aliphatic rings. The molecule has 0 saturated heterocycles. The summed E-state index contributed by atoms with van der Waals surface area (Å²) in [5.74, 6) is 0.421. The van der Waals surface area contributed by atoms with Gasteiger partial charge in [0.2, 0.25) is 0 Å². The van der Waals surface area contributed by atoms with Crippen LogP contribution in [-0.2, 0) is 0 Å². The molecule has 0 spiro atoms. The third-order valence-electron chi connectivity index (χ3n) is 4.01. The van der Waals surface area contributed by atoms with Crippen molar-refractivity contribution < 1.29 is 9.13 Å². The molecule has 0 aliphatic carbocycles. The minimum atomic E-state index is -0.346. The fourth-order valence-electron chi connectivity index (χ4n) is 3.00. The van der Waals surface area contributed by atoms with E-state index in [4.69, 9.17) is 17.0 Å². The molecule has 0 amide bonds. The van der Waals surface area contributed by atoms with Gasteiger partial charge in [-0.25, -0.2) is 4.39 Å². The molecular weight excluding hydrogens is 323 g/mol.